The van der Waals surface area contributed by atoms with Gasteiger partial charge in [-0.15, -0.1) is 0 Å². The third-order valence-corrected chi connectivity index (χ3v) is 2.21. The van der Waals surface area contributed by atoms with Gasteiger partial charge in [-0.05, 0) is 44.2 Å². The number of hydrogen-bond acceptors (Lipinski definition) is 2. The average molecular weight is 246 g/mol. The summed E-state index contributed by atoms with van der Waals surface area (Å²) in [4.78, 5) is 11.8. The van der Waals surface area contributed by atoms with E-state index in [4.69, 9.17) is 4.74 Å². The lowest BCUT2D eigenvalue weighted by atomic mass is 10.1. The van der Waals surface area contributed by atoms with E-state index >= 15 is 0 Å². The second kappa shape index (κ2) is 6.55. The van der Waals surface area contributed by atoms with Gasteiger partial charge in [-0.2, -0.15) is 0 Å². The van der Waals surface area contributed by atoms with Crippen molar-refractivity contribution in [1.82, 2.24) is 0 Å². The van der Waals surface area contributed by atoms with Gasteiger partial charge >= 0.3 is 5.97 Å². The zero-order valence-electron chi connectivity index (χ0n) is 10.4. The summed E-state index contributed by atoms with van der Waals surface area (Å²) in [5, 5.41) is 0. The van der Waals surface area contributed by atoms with E-state index in [1.165, 1.54) is 6.08 Å². The van der Waals surface area contributed by atoms with Crippen molar-refractivity contribution >= 4 is 5.97 Å². The van der Waals surface area contributed by atoms with Crippen LogP contribution < -0.4 is 0 Å². The standard InChI is InChI=1S/C15H15FO2/c1-4-14(10-7-12(3)16)18-15(17)13-8-5-11(2)6-9-13/h4-10H,3H2,1-2H3/b10-7-,14-4+. The first-order valence-electron chi connectivity index (χ1n) is 5.50. The van der Waals surface area contributed by atoms with E-state index in [1.807, 2.05) is 19.1 Å². The van der Waals surface area contributed by atoms with E-state index < -0.39 is 11.8 Å². The average Bonchev–Trinajstić information content (AvgIpc) is 2.34. The number of rotatable bonds is 4. The lowest BCUT2D eigenvalue weighted by Gasteiger charge is -2.04. The topological polar surface area (TPSA) is 26.3 Å². The maximum atomic E-state index is 12.5. The Morgan fingerprint density at radius 1 is 1.28 bits per heavy atom. The molecule has 1 aromatic rings. The molecule has 0 aliphatic rings. The predicted octanol–water partition coefficient (Wildman–Crippen LogP) is 4.10. The molecule has 0 fully saturated rings. The fourth-order valence-corrected chi connectivity index (χ4v) is 1.22. The van der Waals surface area contributed by atoms with Gasteiger partial charge in [0.05, 0.1) is 5.56 Å². The Morgan fingerprint density at radius 3 is 2.39 bits per heavy atom. The monoisotopic (exact) mass is 246 g/mol. The molecule has 0 bridgehead atoms. The van der Waals surface area contributed by atoms with Crippen LogP contribution >= 0.6 is 0 Å². The molecule has 94 valence electrons. The largest absolute Gasteiger partial charge is 0.423 e. The number of ether oxygens (including phenoxy) is 1. The number of aryl methyl sites for hydroxylation is 1. The summed E-state index contributed by atoms with van der Waals surface area (Å²) in [6, 6.07) is 7.02. The van der Waals surface area contributed by atoms with Crippen LogP contribution in [0.4, 0.5) is 4.39 Å². The van der Waals surface area contributed by atoms with Crippen molar-refractivity contribution in [2.75, 3.05) is 0 Å². The highest BCUT2D eigenvalue weighted by Crippen LogP contribution is 2.10. The second-order valence-electron chi connectivity index (χ2n) is 3.73. The first-order chi connectivity index (χ1) is 8.52. The Kier molecular flexibility index (Phi) is 5.06. The number of esters is 1. The summed E-state index contributed by atoms with van der Waals surface area (Å²) < 4.78 is 17.6. The molecular weight excluding hydrogens is 231 g/mol. The first-order valence-corrected chi connectivity index (χ1v) is 5.50. The smallest absolute Gasteiger partial charge is 0.343 e. The molecule has 0 amide bonds. The molecule has 0 aliphatic carbocycles. The van der Waals surface area contributed by atoms with Gasteiger partial charge in [-0.3, -0.25) is 0 Å². The van der Waals surface area contributed by atoms with Crippen molar-refractivity contribution in [3.05, 3.63) is 71.8 Å². The van der Waals surface area contributed by atoms with Crippen LogP contribution in [-0.4, -0.2) is 5.97 Å². The van der Waals surface area contributed by atoms with E-state index in [-0.39, 0.29) is 5.76 Å². The van der Waals surface area contributed by atoms with Crippen molar-refractivity contribution in [3.63, 3.8) is 0 Å². The lowest BCUT2D eigenvalue weighted by Crippen LogP contribution is -2.03. The zero-order valence-corrected chi connectivity index (χ0v) is 10.4. The molecular formula is C15H15FO2. The van der Waals surface area contributed by atoms with Crippen LogP contribution in [-0.2, 0) is 4.74 Å². The van der Waals surface area contributed by atoms with Crippen LogP contribution in [0.5, 0.6) is 0 Å². The highest BCUT2D eigenvalue weighted by molar-refractivity contribution is 5.90. The zero-order chi connectivity index (χ0) is 13.5. The first kappa shape index (κ1) is 13.9. The molecule has 0 N–H and O–H groups in total. The van der Waals surface area contributed by atoms with Crippen LogP contribution in [0.1, 0.15) is 22.8 Å². The molecule has 0 unspecified atom stereocenters. The molecule has 2 nitrogen and oxygen atoms in total. The Labute approximate surface area is 106 Å². The molecule has 1 aromatic carbocycles. The van der Waals surface area contributed by atoms with Gasteiger partial charge in [-0.25, -0.2) is 9.18 Å². The van der Waals surface area contributed by atoms with E-state index in [1.54, 1.807) is 25.1 Å². The molecule has 3 heteroatoms. The number of benzene rings is 1. The minimum absolute atomic E-state index is 0.277. The maximum Gasteiger partial charge on any atom is 0.343 e. The molecule has 0 saturated heterocycles. The third kappa shape index (κ3) is 4.37. The number of carbonyl (C=O) groups is 1. The number of hydrogen-bond donors (Lipinski definition) is 0. The lowest BCUT2D eigenvalue weighted by molar-refractivity contribution is 0.0636. The normalized spacial score (nSPS) is 11.6. The van der Waals surface area contributed by atoms with E-state index in [0.29, 0.717) is 5.56 Å². The molecule has 0 aliphatic heterocycles. The minimum atomic E-state index is -0.597. The van der Waals surface area contributed by atoms with Gasteiger partial charge in [0.15, 0.2) is 0 Å². The van der Waals surface area contributed by atoms with Crippen LogP contribution in [0.25, 0.3) is 0 Å². The van der Waals surface area contributed by atoms with Crippen molar-refractivity contribution in [2.45, 2.75) is 13.8 Å². The van der Waals surface area contributed by atoms with E-state index in [0.717, 1.165) is 11.6 Å². The molecule has 0 atom stereocenters. The van der Waals surface area contributed by atoms with Gasteiger partial charge in [0, 0.05) is 0 Å². The van der Waals surface area contributed by atoms with Gasteiger partial charge in [-0.1, -0.05) is 24.3 Å². The Hall–Kier alpha value is -2.16. The van der Waals surface area contributed by atoms with Gasteiger partial charge < -0.3 is 4.74 Å². The van der Waals surface area contributed by atoms with Gasteiger partial charge in [0.2, 0.25) is 0 Å². The maximum absolute atomic E-state index is 12.5. The van der Waals surface area contributed by atoms with Gasteiger partial charge in [0.25, 0.3) is 0 Å². The summed E-state index contributed by atoms with van der Waals surface area (Å²) in [7, 11) is 0. The minimum Gasteiger partial charge on any atom is -0.423 e. The highest BCUT2D eigenvalue weighted by atomic mass is 19.1. The summed E-state index contributed by atoms with van der Waals surface area (Å²) in [6.07, 6.45) is 4.07. The summed E-state index contributed by atoms with van der Waals surface area (Å²) in [5.74, 6) is -0.794. The molecule has 18 heavy (non-hydrogen) atoms. The van der Waals surface area contributed by atoms with Crippen LogP contribution in [0, 0.1) is 6.92 Å². The summed E-state index contributed by atoms with van der Waals surface area (Å²) in [6.45, 7) is 6.72. The van der Waals surface area contributed by atoms with E-state index in [9.17, 15) is 9.18 Å². The quantitative estimate of drug-likeness (QED) is 0.454. The molecule has 0 heterocycles. The number of halogens is 1. The van der Waals surface area contributed by atoms with Crippen LogP contribution in [0.2, 0.25) is 0 Å². The Bertz CT molecular complexity index is 496. The summed E-state index contributed by atoms with van der Waals surface area (Å²) >= 11 is 0. The van der Waals surface area contributed by atoms with Gasteiger partial charge in [0.1, 0.15) is 11.6 Å². The van der Waals surface area contributed by atoms with Crippen LogP contribution in [0.3, 0.4) is 0 Å². The van der Waals surface area contributed by atoms with Crippen molar-refractivity contribution in [2.24, 2.45) is 0 Å². The van der Waals surface area contributed by atoms with Crippen molar-refractivity contribution < 1.29 is 13.9 Å². The molecule has 0 spiro atoms. The summed E-state index contributed by atoms with van der Waals surface area (Å²) in [5.41, 5.74) is 1.51. The number of allylic oxidation sites excluding steroid dienone is 4. The Morgan fingerprint density at radius 2 is 1.89 bits per heavy atom. The van der Waals surface area contributed by atoms with Crippen LogP contribution in [0.15, 0.2) is 60.7 Å². The van der Waals surface area contributed by atoms with Crippen molar-refractivity contribution in [1.29, 1.82) is 0 Å². The van der Waals surface area contributed by atoms with E-state index in [2.05, 4.69) is 6.58 Å². The molecule has 0 aromatic heterocycles. The second-order valence-corrected chi connectivity index (χ2v) is 3.73. The third-order valence-electron chi connectivity index (χ3n) is 2.21. The number of carbonyl (C=O) groups excluding carboxylic acids is 1. The predicted molar refractivity (Wildman–Crippen MR) is 69.7 cm³/mol. The molecule has 0 saturated carbocycles. The molecule has 0 radical (unpaired) electrons. The molecule has 1 rings (SSSR count). The van der Waals surface area contributed by atoms with Crippen molar-refractivity contribution in [3.8, 4) is 0 Å². The SMILES string of the molecule is C=C(F)/C=C\C(=C/C)OC(=O)c1ccc(C)cc1. The fourth-order valence-electron chi connectivity index (χ4n) is 1.22. The Balaban J connectivity index is 2.74. The highest BCUT2D eigenvalue weighted by Gasteiger charge is 2.07. The fraction of sp³-hybridized carbons (Fsp3) is 0.133.